The Bertz CT molecular complexity index is 2900. The van der Waals surface area contributed by atoms with Crippen LogP contribution in [0.1, 0.15) is 68.5 Å². The number of rotatable bonds is 13. The highest BCUT2D eigenvalue weighted by Gasteiger charge is 2.18. The molecule has 10 rings (SSSR count). The quantitative estimate of drug-likeness (QED) is 0.107. The van der Waals surface area contributed by atoms with E-state index in [-0.39, 0.29) is 0 Å². The van der Waals surface area contributed by atoms with E-state index in [1.165, 1.54) is 58.3 Å². The van der Waals surface area contributed by atoms with Gasteiger partial charge in [0, 0.05) is 51.2 Å². The highest BCUT2D eigenvalue weighted by atomic mass is 15.2. The summed E-state index contributed by atoms with van der Waals surface area (Å²) >= 11 is 0. The van der Waals surface area contributed by atoms with Crippen LogP contribution >= 0.6 is 0 Å². The summed E-state index contributed by atoms with van der Waals surface area (Å²) in [5.41, 5.74) is 22.9. The maximum absolute atomic E-state index is 2.42. The van der Waals surface area contributed by atoms with Crippen molar-refractivity contribution in [2.75, 3.05) is 14.7 Å². The molecule has 0 unspecified atom stereocenters. The van der Waals surface area contributed by atoms with Crippen LogP contribution < -0.4 is 14.7 Å². The van der Waals surface area contributed by atoms with Crippen molar-refractivity contribution in [3.05, 3.63) is 268 Å². The fourth-order valence-electron chi connectivity index (χ4n) is 9.30. The third kappa shape index (κ3) is 10.5. The molecule has 0 atom stereocenters. The Morgan fingerprint density at radius 1 is 0.246 bits per heavy atom. The molecule has 0 radical (unpaired) electrons. The van der Waals surface area contributed by atoms with Gasteiger partial charge in [0.2, 0.25) is 0 Å². The minimum atomic E-state index is 1.13. The Morgan fingerprint density at radius 3 is 0.739 bits per heavy atom. The molecule has 0 aliphatic heterocycles. The van der Waals surface area contributed by atoms with E-state index in [4.69, 9.17) is 0 Å². The molecule has 9 aromatic rings. The fourth-order valence-corrected chi connectivity index (χ4v) is 9.30. The lowest BCUT2D eigenvalue weighted by Crippen LogP contribution is -2.12. The van der Waals surface area contributed by atoms with Crippen LogP contribution in [0, 0.1) is 27.7 Å². The summed E-state index contributed by atoms with van der Waals surface area (Å²) in [6.07, 6.45) is 13.6. The molecule has 3 heteroatoms. The summed E-state index contributed by atoms with van der Waals surface area (Å²) in [6, 6.07) is 77.6. The predicted molar refractivity (Wildman–Crippen MR) is 297 cm³/mol. The Morgan fingerprint density at radius 2 is 0.464 bits per heavy atom. The first-order valence-corrected chi connectivity index (χ1v) is 24.3. The van der Waals surface area contributed by atoms with Crippen LogP contribution in [0.5, 0.6) is 0 Å². The lowest BCUT2D eigenvalue weighted by Gasteiger charge is -2.27. The van der Waals surface area contributed by atoms with Gasteiger partial charge in [-0.3, -0.25) is 0 Å². The first kappa shape index (κ1) is 44.7. The smallest absolute Gasteiger partial charge is 0.0464 e. The fraction of sp³-hybridized carbons (Fsp3) is 0.121. The molecule has 69 heavy (non-hydrogen) atoms. The summed E-state index contributed by atoms with van der Waals surface area (Å²) in [5, 5.41) is 0. The molecule has 9 aromatic carbocycles. The van der Waals surface area contributed by atoms with Gasteiger partial charge >= 0.3 is 0 Å². The summed E-state index contributed by atoms with van der Waals surface area (Å²) in [4.78, 5) is 7.03. The van der Waals surface area contributed by atoms with Gasteiger partial charge in [0.1, 0.15) is 0 Å². The minimum absolute atomic E-state index is 1.13. The van der Waals surface area contributed by atoms with Crippen LogP contribution in [0.4, 0.5) is 51.2 Å². The SMILES string of the molecule is Cc1ccc(N(c2ccc(C)cc2)c2ccc(C=Cc3ccc(N(c4ccc(C=Cc5ccc(N(c6ccc(C)cc6)c6ccc(C)cc6)cc5)cc4)c4ccc5c(c4)CCCC5)cc3)cc2)cc1. The van der Waals surface area contributed by atoms with Crippen molar-refractivity contribution in [3.63, 3.8) is 0 Å². The molecule has 0 saturated heterocycles. The van der Waals surface area contributed by atoms with E-state index in [9.17, 15) is 0 Å². The van der Waals surface area contributed by atoms with E-state index in [0.29, 0.717) is 0 Å². The molecule has 0 aromatic heterocycles. The zero-order valence-electron chi connectivity index (χ0n) is 40.2. The zero-order valence-corrected chi connectivity index (χ0v) is 40.2. The van der Waals surface area contributed by atoms with Crippen LogP contribution in [-0.4, -0.2) is 0 Å². The molecule has 3 nitrogen and oxygen atoms in total. The van der Waals surface area contributed by atoms with Crippen molar-refractivity contribution >= 4 is 75.5 Å². The predicted octanol–water partition coefficient (Wildman–Crippen LogP) is 18.5. The van der Waals surface area contributed by atoms with E-state index in [0.717, 1.165) is 74.2 Å². The monoisotopic (exact) mass is 893 g/mol. The topological polar surface area (TPSA) is 9.72 Å². The van der Waals surface area contributed by atoms with Crippen LogP contribution in [0.2, 0.25) is 0 Å². The molecular weight excluding hydrogens is 835 g/mol. The third-order valence-electron chi connectivity index (χ3n) is 13.3. The summed E-state index contributed by atoms with van der Waals surface area (Å²) in [7, 11) is 0. The van der Waals surface area contributed by atoms with Gasteiger partial charge in [-0.2, -0.15) is 0 Å². The summed E-state index contributed by atoms with van der Waals surface area (Å²) in [5.74, 6) is 0. The molecule has 0 bridgehead atoms. The Hall–Kier alpha value is -8.14. The average Bonchev–Trinajstić information content (AvgIpc) is 3.39. The zero-order chi connectivity index (χ0) is 47.1. The first-order chi connectivity index (χ1) is 33.8. The number of hydrogen-bond acceptors (Lipinski definition) is 3. The van der Waals surface area contributed by atoms with Gasteiger partial charge in [-0.25, -0.2) is 0 Å². The normalized spacial score (nSPS) is 12.3. The number of anilines is 9. The van der Waals surface area contributed by atoms with Gasteiger partial charge in [0.25, 0.3) is 0 Å². The van der Waals surface area contributed by atoms with E-state index in [1.807, 2.05) is 0 Å². The second-order valence-corrected chi connectivity index (χ2v) is 18.5. The molecule has 338 valence electrons. The molecular formula is C66H59N3. The Labute approximate surface area is 409 Å². The van der Waals surface area contributed by atoms with Gasteiger partial charge < -0.3 is 14.7 Å². The van der Waals surface area contributed by atoms with E-state index < -0.39 is 0 Å². The largest absolute Gasteiger partial charge is 0.311 e. The molecule has 1 aliphatic rings. The second-order valence-electron chi connectivity index (χ2n) is 18.5. The van der Waals surface area contributed by atoms with Crippen molar-refractivity contribution in [3.8, 4) is 0 Å². The van der Waals surface area contributed by atoms with Gasteiger partial charge in [-0.15, -0.1) is 0 Å². The molecule has 0 fully saturated rings. The van der Waals surface area contributed by atoms with Crippen molar-refractivity contribution in [2.45, 2.75) is 53.4 Å². The highest BCUT2D eigenvalue weighted by molar-refractivity contribution is 5.82. The maximum atomic E-state index is 2.42. The Kier molecular flexibility index (Phi) is 13.2. The molecule has 1 aliphatic carbocycles. The lowest BCUT2D eigenvalue weighted by atomic mass is 9.91. The van der Waals surface area contributed by atoms with Crippen molar-refractivity contribution in [1.82, 2.24) is 0 Å². The lowest BCUT2D eigenvalue weighted by molar-refractivity contribution is 0.685. The van der Waals surface area contributed by atoms with Gasteiger partial charge in [0.15, 0.2) is 0 Å². The van der Waals surface area contributed by atoms with E-state index >= 15 is 0 Å². The number of benzene rings is 9. The summed E-state index contributed by atoms with van der Waals surface area (Å²) in [6.45, 7) is 8.52. The summed E-state index contributed by atoms with van der Waals surface area (Å²) < 4.78 is 0. The van der Waals surface area contributed by atoms with Crippen LogP contribution in [0.25, 0.3) is 24.3 Å². The van der Waals surface area contributed by atoms with Gasteiger partial charge in [-0.1, -0.05) is 150 Å². The second kappa shape index (κ2) is 20.4. The molecule has 0 saturated carbocycles. The van der Waals surface area contributed by atoms with Crippen LogP contribution in [-0.2, 0) is 12.8 Å². The highest BCUT2D eigenvalue weighted by Crippen LogP contribution is 2.39. The van der Waals surface area contributed by atoms with Gasteiger partial charge in [-0.05, 0) is 196 Å². The molecule has 0 spiro atoms. The van der Waals surface area contributed by atoms with Crippen molar-refractivity contribution in [1.29, 1.82) is 0 Å². The number of hydrogen-bond donors (Lipinski definition) is 0. The maximum Gasteiger partial charge on any atom is 0.0464 e. The number of fused-ring (bicyclic) bond motifs is 1. The van der Waals surface area contributed by atoms with Gasteiger partial charge in [0.05, 0.1) is 0 Å². The van der Waals surface area contributed by atoms with Crippen molar-refractivity contribution in [2.24, 2.45) is 0 Å². The third-order valence-corrected chi connectivity index (χ3v) is 13.3. The minimum Gasteiger partial charge on any atom is -0.311 e. The molecule has 0 amide bonds. The number of aryl methyl sites for hydroxylation is 6. The van der Waals surface area contributed by atoms with E-state index in [2.05, 4.69) is 279 Å². The average molecular weight is 894 g/mol. The van der Waals surface area contributed by atoms with Crippen molar-refractivity contribution < 1.29 is 0 Å². The molecule has 0 N–H and O–H groups in total. The van der Waals surface area contributed by atoms with E-state index in [1.54, 1.807) is 0 Å². The van der Waals surface area contributed by atoms with Crippen LogP contribution in [0.15, 0.2) is 212 Å². The molecule has 0 heterocycles. The number of nitrogens with zero attached hydrogens (tertiary/aromatic N) is 3. The standard InChI is InChI=1S/C66H59N3/c1-48-9-30-58(31-10-48)67(59-32-11-49(2)12-33-59)62-38-21-52(22-39-62)17-19-54-25-42-64(43-26-54)69(66-46-29-56-7-5-6-8-57(56)47-66)65-44-27-55(28-45-65)20-18-53-23-40-63(41-24-53)68(60-34-13-50(3)14-35-60)61-36-15-51(4)16-37-61/h9-47H,5-8H2,1-4H3. The Balaban J connectivity index is 0.870. The first-order valence-electron chi connectivity index (χ1n) is 24.3. The van der Waals surface area contributed by atoms with Crippen LogP contribution in [0.3, 0.4) is 0 Å².